The predicted octanol–water partition coefficient (Wildman–Crippen LogP) is 6.10. The van der Waals surface area contributed by atoms with Crippen LogP contribution in [0, 0.1) is 5.92 Å². The average molecular weight is 553 g/mol. The second kappa shape index (κ2) is 10.5. The molecule has 1 saturated heterocycles. The van der Waals surface area contributed by atoms with E-state index in [0.717, 1.165) is 55.3 Å². The third-order valence-electron chi connectivity index (χ3n) is 8.07. The van der Waals surface area contributed by atoms with Crippen molar-refractivity contribution in [1.29, 1.82) is 0 Å². The molecule has 32 heavy (non-hydrogen) atoms. The average Bonchev–Trinajstić information content (AvgIpc) is 3.31. The number of benzene rings is 1. The minimum absolute atomic E-state index is 0.0288. The minimum Gasteiger partial charge on any atom is -0.352 e. The number of carbonyl (C=O) groups excluding carboxylic acids is 1. The summed E-state index contributed by atoms with van der Waals surface area (Å²) in [5.41, 5.74) is 2.12. The Balaban J connectivity index is 1.31. The summed E-state index contributed by atoms with van der Waals surface area (Å²) in [5.74, 6) is 0.744. The van der Waals surface area contributed by atoms with Crippen molar-refractivity contribution in [2.24, 2.45) is 5.92 Å². The zero-order valence-corrected chi connectivity index (χ0v) is 21.6. The predicted molar refractivity (Wildman–Crippen MR) is 138 cm³/mol. The number of hydrogen-bond donors (Lipinski definition) is 1. The maximum Gasteiger partial charge on any atom is 0.230 e. The molecule has 0 aromatic heterocycles. The van der Waals surface area contributed by atoms with E-state index in [-0.39, 0.29) is 12.5 Å². The summed E-state index contributed by atoms with van der Waals surface area (Å²) in [6.07, 6.45) is 10.9. The topological polar surface area (TPSA) is 32.3 Å². The van der Waals surface area contributed by atoms with E-state index in [2.05, 4.69) is 70.1 Å². The van der Waals surface area contributed by atoms with E-state index in [1.165, 1.54) is 30.4 Å². The molecule has 1 atom stereocenters. The van der Waals surface area contributed by atoms with Crippen molar-refractivity contribution in [3.8, 4) is 0 Å². The van der Waals surface area contributed by atoms with Gasteiger partial charge in [0.15, 0.2) is 0 Å². The second-order valence-electron chi connectivity index (χ2n) is 10.5. The molecule has 1 amide bonds. The number of likely N-dealkylation sites (tertiary alicyclic amines) is 1. The molecular weight excluding hydrogens is 514 g/mol. The lowest BCUT2D eigenvalue weighted by atomic mass is 9.77. The zero-order chi connectivity index (χ0) is 22.6. The van der Waals surface area contributed by atoms with Gasteiger partial charge in [0, 0.05) is 24.1 Å². The van der Waals surface area contributed by atoms with Crippen molar-refractivity contribution in [1.82, 2.24) is 10.2 Å². The zero-order valence-electron chi connectivity index (χ0n) is 19.5. The number of nitrogens with zero attached hydrogens (tertiary/aromatic N) is 1. The highest BCUT2D eigenvalue weighted by molar-refractivity contribution is 14.1. The molecule has 2 aliphatic carbocycles. The molecule has 1 N–H and O–H groups in total. The standard InChI is InChI=1S/C27H38FIN2O/c1-21-5-4-6-23(17-21)19-31-15-13-26(28,14-16-31)20-30-25(32)27(11-2-3-12-27)24-9-7-22(18-29)8-10-24/h5,7-10,23H,2-4,6,11-20H2,1H3,(H,30,32). The summed E-state index contributed by atoms with van der Waals surface area (Å²) >= 11 is 2.36. The fourth-order valence-corrected chi connectivity index (χ4v) is 6.49. The van der Waals surface area contributed by atoms with Crippen LogP contribution in [0.2, 0.25) is 0 Å². The molecule has 176 valence electrons. The fraction of sp³-hybridized carbons (Fsp3) is 0.667. The highest BCUT2D eigenvalue weighted by Crippen LogP contribution is 2.42. The molecule has 1 aromatic rings. The number of piperidine rings is 1. The van der Waals surface area contributed by atoms with Crippen molar-refractivity contribution in [2.45, 2.75) is 80.2 Å². The number of carbonyl (C=O) groups is 1. The summed E-state index contributed by atoms with van der Waals surface area (Å²) in [6, 6.07) is 8.49. The highest BCUT2D eigenvalue weighted by atomic mass is 127. The number of halogens is 2. The van der Waals surface area contributed by atoms with Crippen LogP contribution in [0.4, 0.5) is 4.39 Å². The Morgan fingerprint density at radius 2 is 1.84 bits per heavy atom. The Morgan fingerprint density at radius 1 is 1.16 bits per heavy atom. The van der Waals surface area contributed by atoms with Crippen molar-refractivity contribution < 1.29 is 9.18 Å². The van der Waals surface area contributed by atoms with E-state index >= 15 is 4.39 Å². The molecule has 1 saturated carbocycles. The first-order valence-electron chi connectivity index (χ1n) is 12.4. The van der Waals surface area contributed by atoms with Crippen LogP contribution in [0.15, 0.2) is 35.9 Å². The van der Waals surface area contributed by atoms with Crippen LogP contribution in [0.3, 0.4) is 0 Å². The molecule has 5 heteroatoms. The lowest BCUT2D eigenvalue weighted by Gasteiger charge is -2.39. The van der Waals surface area contributed by atoms with Gasteiger partial charge in [-0.1, -0.05) is 71.3 Å². The molecular formula is C27H38FIN2O. The van der Waals surface area contributed by atoms with Gasteiger partial charge < -0.3 is 10.2 Å². The SMILES string of the molecule is CC1=CCCC(CN2CCC(F)(CNC(=O)C3(c4ccc(CI)cc4)CCCC3)CC2)C1. The van der Waals surface area contributed by atoms with E-state index in [1.54, 1.807) is 0 Å². The van der Waals surface area contributed by atoms with Crippen LogP contribution in [0.25, 0.3) is 0 Å². The summed E-state index contributed by atoms with van der Waals surface area (Å²) in [7, 11) is 0. The smallest absolute Gasteiger partial charge is 0.230 e. The van der Waals surface area contributed by atoms with Crippen LogP contribution in [0.1, 0.15) is 75.8 Å². The first kappa shape index (κ1) is 24.2. The van der Waals surface area contributed by atoms with E-state index in [1.807, 2.05) is 0 Å². The fourth-order valence-electron chi connectivity index (χ4n) is 5.99. The van der Waals surface area contributed by atoms with E-state index in [0.29, 0.717) is 18.8 Å². The molecule has 0 spiro atoms. The summed E-state index contributed by atoms with van der Waals surface area (Å²) in [4.78, 5) is 15.8. The number of nitrogens with one attached hydrogen (secondary N) is 1. The number of hydrogen-bond acceptors (Lipinski definition) is 2. The molecule has 2 fully saturated rings. The third kappa shape index (κ3) is 5.57. The Hall–Kier alpha value is -0.950. The van der Waals surface area contributed by atoms with Crippen molar-refractivity contribution in [3.05, 3.63) is 47.0 Å². The van der Waals surface area contributed by atoms with Gasteiger partial charge in [-0.05, 0) is 68.9 Å². The highest BCUT2D eigenvalue weighted by Gasteiger charge is 2.44. The van der Waals surface area contributed by atoms with Crippen LogP contribution in [-0.4, -0.2) is 42.7 Å². The molecule has 1 heterocycles. The van der Waals surface area contributed by atoms with Gasteiger partial charge in [-0.2, -0.15) is 0 Å². The Morgan fingerprint density at radius 3 is 2.47 bits per heavy atom. The monoisotopic (exact) mass is 552 g/mol. The van der Waals surface area contributed by atoms with E-state index in [4.69, 9.17) is 0 Å². The molecule has 1 aromatic carbocycles. The molecule has 1 aliphatic heterocycles. The van der Waals surface area contributed by atoms with E-state index < -0.39 is 11.1 Å². The first-order valence-corrected chi connectivity index (χ1v) is 14.0. The summed E-state index contributed by atoms with van der Waals surface area (Å²) < 4.78 is 16.6. The molecule has 0 bridgehead atoms. The van der Waals surface area contributed by atoms with Gasteiger partial charge >= 0.3 is 0 Å². The Labute approximate surface area is 206 Å². The van der Waals surface area contributed by atoms with Gasteiger partial charge in [-0.15, -0.1) is 0 Å². The van der Waals surface area contributed by atoms with Gasteiger partial charge in [-0.25, -0.2) is 4.39 Å². The lowest BCUT2D eigenvalue weighted by molar-refractivity contribution is -0.127. The van der Waals surface area contributed by atoms with Crippen molar-refractivity contribution >= 4 is 28.5 Å². The molecule has 3 aliphatic rings. The van der Waals surface area contributed by atoms with Crippen LogP contribution < -0.4 is 5.32 Å². The van der Waals surface area contributed by atoms with Crippen molar-refractivity contribution in [2.75, 3.05) is 26.2 Å². The molecule has 3 nitrogen and oxygen atoms in total. The largest absolute Gasteiger partial charge is 0.352 e. The Bertz CT molecular complexity index is 807. The number of rotatable bonds is 7. The van der Waals surface area contributed by atoms with E-state index in [9.17, 15) is 4.79 Å². The molecule has 4 rings (SSSR count). The number of alkyl halides is 2. The molecule has 0 radical (unpaired) electrons. The van der Waals surface area contributed by atoms with Gasteiger partial charge in [-0.3, -0.25) is 4.79 Å². The third-order valence-corrected chi connectivity index (χ3v) is 8.95. The lowest BCUT2D eigenvalue weighted by Crippen LogP contribution is -2.52. The maximum absolute atomic E-state index is 15.6. The Kier molecular flexibility index (Phi) is 7.97. The summed E-state index contributed by atoms with van der Waals surface area (Å²) in [6.45, 7) is 5.07. The first-order chi connectivity index (χ1) is 15.4. The normalized spacial score (nSPS) is 25.3. The number of amides is 1. The van der Waals surface area contributed by atoms with Gasteiger partial charge in [0.05, 0.1) is 12.0 Å². The summed E-state index contributed by atoms with van der Waals surface area (Å²) in [5, 5.41) is 3.06. The molecule has 1 unspecified atom stereocenters. The van der Waals surface area contributed by atoms with Crippen LogP contribution in [-0.2, 0) is 14.6 Å². The van der Waals surface area contributed by atoms with Crippen molar-refractivity contribution in [3.63, 3.8) is 0 Å². The van der Waals surface area contributed by atoms with Gasteiger partial charge in [0.1, 0.15) is 5.67 Å². The maximum atomic E-state index is 15.6. The second-order valence-corrected chi connectivity index (χ2v) is 11.2. The van der Waals surface area contributed by atoms with Gasteiger partial charge in [0.25, 0.3) is 0 Å². The minimum atomic E-state index is -1.28. The number of allylic oxidation sites excluding steroid dienone is 2. The quantitative estimate of drug-likeness (QED) is 0.252. The van der Waals surface area contributed by atoms with Gasteiger partial charge in [0.2, 0.25) is 5.91 Å². The van der Waals surface area contributed by atoms with Crippen LogP contribution in [0.5, 0.6) is 0 Å². The van der Waals surface area contributed by atoms with Crippen LogP contribution >= 0.6 is 22.6 Å².